The number of rotatable bonds is 7. The molecule has 0 bridgehead atoms. The maximum atomic E-state index is 12.3. The quantitative estimate of drug-likeness (QED) is 0.596. The number of benzene rings is 2. The molecule has 7 heteroatoms. The molecule has 0 aliphatic heterocycles. The van der Waals surface area contributed by atoms with Gasteiger partial charge in [0.05, 0.1) is 18.1 Å². The number of aromatic nitrogens is 2. The van der Waals surface area contributed by atoms with Crippen molar-refractivity contribution in [2.75, 3.05) is 0 Å². The topological polar surface area (TPSA) is 72.9 Å². The minimum absolute atomic E-state index is 0. The van der Waals surface area contributed by atoms with E-state index in [1.165, 1.54) is 16.7 Å². The Morgan fingerprint density at radius 2 is 1.86 bits per heavy atom. The zero-order valence-corrected chi connectivity index (χ0v) is 18.3. The minimum Gasteiger partial charge on any atom is -0.351 e. The van der Waals surface area contributed by atoms with Crippen molar-refractivity contribution in [2.24, 2.45) is 5.73 Å². The molecule has 0 saturated heterocycles. The molecule has 0 saturated carbocycles. The molecule has 3 aromatic rings. The maximum Gasteiger partial charge on any atom is 0.237 e. The number of carbonyl (C=O) groups is 1. The van der Waals surface area contributed by atoms with Crippen LogP contribution >= 0.6 is 24.8 Å². The Morgan fingerprint density at radius 1 is 1.14 bits per heavy atom. The Balaban J connectivity index is 0.00000210. The summed E-state index contributed by atoms with van der Waals surface area (Å²) < 4.78 is 2.00. The number of nitrogens with two attached hydrogens (primary N) is 1. The predicted molar refractivity (Wildman–Crippen MR) is 122 cm³/mol. The molecule has 3 N–H and O–H groups in total. The van der Waals surface area contributed by atoms with E-state index in [-0.39, 0.29) is 30.7 Å². The molecule has 1 aromatic heterocycles. The van der Waals surface area contributed by atoms with E-state index in [1.54, 1.807) is 6.33 Å². The molecule has 0 aliphatic carbocycles. The number of amides is 1. The second-order valence-corrected chi connectivity index (χ2v) is 6.98. The third-order valence-electron chi connectivity index (χ3n) is 4.61. The third kappa shape index (κ3) is 7.20. The van der Waals surface area contributed by atoms with Crippen molar-refractivity contribution >= 4 is 30.7 Å². The van der Waals surface area contributed by atoms with Crippen LogP contribution in [0.2, 0.25) is 0 Å². The Kier molecular flexibility index (Phi) is 9.89. The Bertz CT molecular complexity index is 912. The van der Waals surface area contributed by atoms with Gasteiger partial charge in [0.2, 0.25) is 5.91 Å². The number of hydrogen-bond acceptors (Lipinski definition) is 3. The van der Waals surface area contributed by atoms with Crippen molar-refractivity contribution in [2.45, 2.75) is 39.4 Å². The Morgan fingerprint density at radius 3 is 2.55 bits per heavy atom. The lowest BCUT2D eigenvalue weighted by molar-refractivity contribution is -0.122. The summed E-state index contributed by atoms with van der Waals surface area (Å²) in [6.07, 6.45) is 4.15. The van der Waals surface area contributed by atoms with Gasteiger partial charge in [-0.3, -0.25) is 4.79 Å². The van der Waals surface area contributed by atoms with E-state index >= 15 is 0 Å². The van der Waals surface area contributed by atoms with Crippen molar-refractivity contribution in [1.82, 2.24) is 14.9 Å². The number of carbonyl (C=O) groups excluding carboxylic acids is 1. The average Bonchev–Trinajstić information content (AvgIpc) is 3.08. The molecular formula is C22H28Cl2N4O. The molecule has 1 heterocycles. The van der Waals surface area contributed by atoms with E-state index < -0.39 is 6.04 Å². The number of hydrogen-bond donors (Lipinski definition) is 2. The zero-order chi connectivity index (χ0) is 19.2. The van der Waals surface area contributed by atoms with Crippen molar-refractivity contribution < 1.29 is 4.79 Å². The van der Waals surface area contributed by atoms with Crippen LogP contribution in [0.3, 0.4) is 0 Å². The fourth-order valence-electron chi connectivity index (χ4n) is 3.07. The molecule has 1 amide bonds. The monoisotopic (exact) mass is 434 g/mol. The Labute approximate surface area is 184 Å². The van der Waals surface area contributed by atoms with Crippen LogP contribution < -0.4 is 11.1 Å². The summed E-state index contributed by atoms with van der Waals surface area (Å²) in [4.78, 5) is 16.7. The maximum absolute atomic E-state index is 12.3. The first-order valence-electron chi connectivity index (χ1n) is 9.15. The first-order chi connectivity index (χ1) is 13.0. The van der Waals surface area contributed by atoms with E-state index in [2.05, 4.69) is 35.4 Å². The van der Waals surface area contributed by atoms with Gasteiger partial charge in [0, 0.05) is 25.7 Å². The van der Waals surface area contributed by atoms with Crippen LogP contribution in [0.1, 0.15) is 27.9 Å². The summed E-state index contributed by atoms with van der Waals surface area (Å²) in [6, 6.07) is 15.8. The van der Waals surface area contributed by atoms with Gasteiger partial charge in [0.15, 0.2) is 0 Å². The van der Waals surface area contributed by atoms with E-state index in [0.717, 1.165) is 17.8 Å². The van der Waals surface area contributed by atoms with Crippen LogP contribution in [0.5, 0.6) is 0 Å². The summed E-state index contributed by atoms with van der Waals surface area (Å²) >= 11 is 0. The van der Waals surface area contributed by atoms with Crippen molar-refractivity contribution in [1.29, 1.82) is 0 Å². The number of halogens is 2. The third-order valence-corrected chi connectivity index (χ3v) is 4.61. The predicted octanol–water partition coefficient (Wildman–Crippen LogP) is 3.58. The van der Waals surface area contributed by atoms with Gasteiger partial charge >= 0.3 is 0 Å². The van der Waals surface area contributed by atoms with Gasteiger partial charge in [-0.05, 0) is 30.5 Å². The van der Waals surface area contributed by atoms with Gasteiger partial charge in [-0.15, -0.1) is 24.8 Å². The first-order valence-corrected chi connectivity index (χ1v) is 9.15. The van der Waals surface area contributed by atoms with Crippen LogP contribution in [0.15, 0.2) is 61.1 Å². The van der Waals surface area contributed by atoms with Gasteiger partial charge in [-0.2, -0.15) is 0 Å². The van der Waals surface area contributed by atoms with Gasteiger partial charge in [0.25, 0.3) is 0 Å². The van der Waals surface area contributed by atoms with Crippen molar-refractivity contribution in [3.8, 4) is 0 Å². The van der Waals surface area contributed by atoms with Gasteiger partial charge < -0.3 is 15.6 Å². The fourth-order valence-corrected chi connectivity index (χ4v) is 3.07. The molecule has 2 aromatic carbocycles. The second kappa shape index (κ2) is 11.6. The molecule has 0 fully saturated rings. The molecule has 29 heavy (non-hydrogen) atoms. The molecule has 0 unspecified atom stereocenters. The highest BCUT2D eigenvalue weighted by Crippen LogP contribution is 2.10. The van der Waals surface area contributed by atoms with Crippen LogP contribution in [0.4, 0.5) is 0 Å². The lowest BCUT2D eigenvalue weighted by Crippen LogP contribution is -2.41. The highest BCUT2D eigenvalue weighted by atomic mass is 35.5. The van der Waals surface area contributed by atoms with Crippen molar-refractivity contribution in [3.05, 3.63) is 89.0 Å². The largest absolute Gasteiger partial charge is 0.351 e. The Hall–Kier alpha value is -2.34. The lowest BCUT2D eigenvalue weighted by atomic mass is 10.1. The smallest absolute Gasteiger partial charge is 0.237 e. The summed E-state index contributed by atoms with van der Waals surface area (Å²) in [7, 11) is 0. The summed E-state index contributed by atoms with van der Waals surface area (Å²) in [6.45, 7) is 5.35. The number of imidazole rings is 1. The fraction of sp³-hybridized carbons (Fsp3) is 0.273. The molecule has 0 aliphatic rings. The summed E-state index contributed by atoms with van der Waals surface area (Å²) in [5.74, 6) is -0.160. The summed E-state index contributed by atoms with van der Waals surface area (Å²) in [5.41, 5.74) is 11.6. The molecule has 0 spiro atoms. The number of nitrogens with one attached hydrogen (secondary N) is 1. The van der Waals surface area contributed by atoms with Gasteiger partial charge in [-0.1, -0.05) is 54.1 Å². The van der Waals surface area contributed by atoms with Gasteiger partial charge in [-0.25, -0.2) is 4.98 Å². The highest BCUT2D eigenvalue weighted by molar-refractivity contribution is 5.85. The SMILES string of the molecule is Cc1ccc(CNC(=O)[C@@H](N)Cc2cn(Cc3ccccc3)cn2)c(C)c1.Cl.Cl. The van der Waals surface area contributed by atoms with Gasteiger partial charge in [0.1, 0.15) is 0 Å². The van der Waals surface area contributed by atoms with E-state index in [1.807, 2.05) is 48.0 Å². The van der Waals surface area contributed by atoms with E-state index in [0.29, 0.717) is 13.0 Å². The number of nitrogens with zero attached hydrogens (tertiary/aromatic N) is 2. The minimum atomic E-state index is -0.615. The van der Waals surface area contributed by atoms with Crippen LogP contribution in [0.25, 0.3) is 0 Å². The molecule has 156 valence electrons. The molecule has 0 radical (unpaired) electrons. The van der Waals surface area contributed by atoms with Crippen LogP contribution in [0, 0.1) is 13.8 Å². The lowest BCUT2D eigenvalue weighted by Gasteiger charge is -2.13. The second-order valence-electron chi connectivity index (χ2n) is 6.98. The molecule has 3 rings (SSSR count). The van der Waals surface area contributed by atoms with Crippen molar-refractivity contribution in [3.63, 3.8) is 0 Å². The van der Waals surface area contributed by atoms with Crippen LogP contribution in [-0.2, 0) is 24.3 Å². The zero-order valence-electron chi connectivity index (χ0n) is 16.7. The normalized spacial score (nSPS) is 11.1. The summed E-state index contributed by atoms with van der Waals surface area (Å²) in [5, 5.41) is 2.93. The standard InChI is InChI=1S/C22H26N4O.2ClH/c1-16-8-9-19(17(2)10-16)12-24-22(27)21(23)11-20-14-26(15-25-20)13-18-6-4-3-5-7-18;;/h3-10,14-15,21H,11-13,23H2,1-2H3,(H,24,27);2*1H/t21-;;/m0../s1. The number of aryl methyl sites for hydroxylation is 2. The average molecular weight is 435 g/mol. The van der Waals surface area contributed by atoms with E-state index in [9.17, 15) is 4.79 Å². The molecule has 1 atom stereocenters. The highest BCUT2D eigenvalue weighted by Gasteiger charge is 2.15. The molecule has 5 nitrogen and oxygen atoms in total. The van der Waals surface area contributed by atoms with Crippen LogP contribution in [-0.4, -0.2) is 21.5 Å². The molecular weight excluding hydrogens is 407 g/mol. The van der Waals surface area contributed by atoms with E-state index in [4.69, 9.17) is 5.73 Å². The first kappa shape index (κ1) is 24.7.